The van der Waals surface area contributed by atoms with Crippen molar-refractivity contribution in [3.8, 4) is 11.1 Å². The van der Waals surface area contributed by atoms with Crippen molar-refractivity contribution in [1.29, 1.82) is 0 Å². The molecule has 1 heterocycles. The van der Waals surface area contributed by atoms with Gasteiger partial charge in [0.1, 0.15) is 0 Å². The number of carbonyl (C=O) groups is 1. The molecular weight excluding hydrogens is 224 g/mol. The van der Waals surface area contributed by atoms with Gasteiger partial charge in [-0.25, -0.2) is 0 Å². The van der Waals surface area contributed by atoms with E-state index in [1.807, 2.05) is 36.4 Å². The van der Waals surface area contributed by atoms with Gasteiger partial charge in [-0.2, -0.15) is 0 Å². The van der Waals surface area contributed by atoms with Crippen LogP contribution in [0.15, 0.2) is 48.8 Å². The van der Waals surface area contributed by atoms with Gasteiger partial charge in [0.2, 0.25) is 6.41 Å². The number of nitrogens with one attached hydrogen (secondary N) is 1. The van der Waals surface area contributed by atoms with Gasteiger partial charge in [0, 0.05) is 18.1 Å². The fraction of sp³-hybridized carbons (Fsp3) is 0. The van der Waals surface area contributed by atoms with Crippen molar-refractivity contribution in [1.82, 2.24) is 4.98 Å². The second-order valence-corrected chi connectivity index (χ2v) is 3.08. The molecule has 0 spiro atoms. The summed E-state index contributed by atoms with van der Waals surface area (Å²) in [4.78, 5) is 14.2. The van der Waals surface area contributed by atoms with Crippen molar-refractivity contribution in [2.45, 2.75) is 0 Å². The Morgan fingerprint density at radius 1 is 0.938 bits per heavy atom. The third-order valence-corrected chi connectivity index (χ3v) is 2.12. The Kier molecular flexibility index (Phi) is 4.48. The Labute approximate surface area is 99.9 Å². The summed E-state index contributed by atoms with van der Waals surface area (Å²) < 4.78 is 0. The predicted molar refractivity (Wildman–Crippen MR) is 66.6 cm³/mol. The number of hydrogen-bond acceptors (Lipinski definition) is 2. The number of halogens is 1. The van der Waals surface area contributed by atoms with Crippen LogP contribution in [-0.2, 0) is 4.79 Å². The minimum atomic E-state index is 0. The van der Waals surface area contributed by atoms with Crippen LogP contribution in [0.3, 0.4) is 0 Å². The lowest BCUT2D eigenvalue weighted by atomic mass is 10.1. The highest BCUT2D eigenvalue weighted by Gasteiger charge is 1.96. The molecule has 1 N–H and O–H groups in total. The van der Waals surface area contributed by atoms with Gasteiger partial charge in [0.05, 0.1) is 0 Å². The van der Waals surface area contributed by atoms with Crippen LogP contribution in [0.25, 0.3) is 11.1 Å². The molecule has 4 heteroatoms. The van der Waals surface area contributed by atoms with Crippen LogP contribution in [0.1, 0.15) is 0 Å². The molecule has 1 aromatic heterocycles. The summed E-state index contributed by atoms with van der Waals surface area (Å²) in [6.07, 6.45) is 4.18. The van der Waals surface area contributed by atoms with Crippen molar-refractivity contribution in [3.05, 3.63) is 48.8 Å². The highest BCUT2D eigenvalue weighted by atomic mass is 35.5. The van der Waals surface area contributed by atoms with E-state index >= 15 is 0 Å². The topological polar surface area (TPSA) is 42.0 Å². The van der Waals surface area contributed by atoms with Crippen LogP contribution in [-0.4, -0.2) is 11.4 Å². The van der Waals surface area contributed by atoms with Crippen LogP contribution < -0.4 is 5.32 Å². The van der Waals surface area contributed by atoms with Crippen molar-refractivity contribution in [3.63, 3.8) is 0 Å². The summed E-state index contributed by atoms with van der Waals surface area (Å²) in [6.45, 7) is 0. The van der Waals surface area contributed by atoms with Gasteiger partial charge in [0.25, 0.3) is 0 Å². The van der Waals surface area contributed by atoms with E-state index in [0.717, 1.165) is 16.8 Å². The first-order valence-corrected chi connectivity index (χ1v) is 4.61. The molecule has 0 fully saturated rings. The van der Waals surface area contributed by atoms with Crippen molar-refractivity contribution >= 4 is 24.5 Å². The zero-order valence-electron chi connectivity index (χ0n) is 8.46. The smallest absolute Gasteiger partial charge is 0.211 e. The first-order chi connectivity index (χ1) is 7.40. The van der Waals surface area contributed by atoms with Gasteiger partial charge in [-0.1, -0.05) is 12.1 Å². The number of pyridine rings is 1. The third kappa shape index (κ3) is 2.81. The predicted octanol–water partition coefficient (Wildman–Crippen LogP) is 2.74. The molecule has 1 amide bonds. The fourth-order valence-electron chi connectivity index (χ4n) is 1.37. The Hall–Kier alpha value is -1.87. The summed E-state index contributed by atoms with van der Waals surface area (Å²) in [5.41, 5.74) is 3.01. The minimum absolute atomic E-state index is 0. The maximum Gasteiger partial charge on any atom is 0.211 e. The highest BCUT2D eigenvalue weighted by Crippen LogP contribution is 2.19. The number of aromatic nitrogens is 1. The van der Waals surface area contributed by atoms with E-state index in [4.69, 9.17) is 0 Å². The highest BCUT2D eigenvalue weighted by molar-refractivity contribution is 5.85. The zero-order valence-corrected chi connectivity index (χ0v) is 9.28. The number of nitrogens with zero attached hydrogens (tertiary/aromatic N) is 1. The molecule has 3 nitrogen and oxygen atoms in total. The number of benzene rings is 1. The van der Waals surface area contributed by atoms with Crippen LogP contribution in [0.2, 0.25) is 0 Å². The van der Waals surface area contributed by atoms with Crippen molar-refractivity contribution in [2.75, 3.05) is 5.32 Å². The maximum atomic E-state index is 10.2. The van der Waals surface area contributed by atoms with Crippen LogP contribution >= 0.6 is 12.4 Å². The summed E-state index contributed by atoms with van der Waals surface area (Å²) in [7, 11) is 0. The number of rotatable bonds is 3. The second-order valence-electron chi connectivity index (χ2n) is 3.08. The number of amides is 1. The molecule has 0 aliphatic heterocycles. The molecule has 2 rings (SSSR count). The molecule has 0 saturated carbocycles. The van der Waals surface area contributed by atoms with Crippen molar-refractivity contribution in [2.24, 2.45) is 0 Å². The molecule has 16 heavy (non-hydrogen) atoms. The Morgan fingerprint density at radius 3 is 2.06 bits per heavy atom. The minimum Gasteiger partial charge on any atom is -0.329 e. The molecule has 0 aliphatic carbocycles. The normalized spacial score (nSPS) is 9.00. The average Bonchev–Trinajstić information content (AvgIpc) is 2.32. The molecule has 0 bridgehead atoms. The molecule has 0 aliphatic rings. The van der Waals surface area contributed by atoms with Gasteiger partial charge >= 0.3 is 0 Å². The molecule has 0 saturated heterocycles. The third-order valence-electron chi connectivity index (χ3n) is 2.12. The summed E-state index contributed by atoms with van der Waals surface area (Å²) in [5.74, 6) is 0. The van der Waals surface area contributed by atoms with Gasteiger partial charge in [-0.15, -0.1) is 12.4 Å². The molecule has 1 aromatic carbocycles. The second kappa shape index (κ2) is 5.88. The largest absolute Gasteiger partial charge is 0.329 e. The maximum absolute atomic E-state index is 10.2. The first kappa shape index (κ1) is 12.2. The number of hydrogen-bond donors (Lipinski definition) is 1. The fourth-order valence-corrected chi connectivity index (χ4v) is 1.37. The van der Waals surface area contributed by atoms with Crippen molar-refractivity contribution < 1.29 is 4.79 Å². The van der Waals surface area contributed by atoms with Gasteiger partial charge in [-0.3, -0.25) is 9.78 Å². The first-order valence-electron chi connectivity index (χ1n) is 4.61. The van der Waals surface area contributed by atoms with Gasteiger partial charge in [0.15, 0.2) is 0 Å². The van der Waals surface area contributed by atoms with Crippen LogP contribution in [0.5, 0.6) is 0 Å². The molecule has 0 radical (unpaired) electrons. The zero-order chi connectivity index (χ0) is 10.5. The summed E-state index contributed by atoms with van der Waals surface area (Å²) >= 11 is 0. The monoisotopic (exact) mass is 234 g/mol. The van der Waals surface area contributed by atoms with Crippen LogP contribution in [0, 0.1) is 0 Å². The molecule has 0 atom stereocenters. The van der Waals surface area contributed by atoms with Crippen LogP contribution in [0.4, 0.5) is 5.69 Å². The number of anilines is 1. The van der Waals surface area contributed by atoms with Gasteiger partial charge < -0.3 is 5.32 Å². The Bertz CT molecular complexity index is 442. The van der Waals surface area contributed by atoms with E-state index in [2.05, 4.69) is 10.3 Å². The lowest BCUT2D eigenvalue weighted by Crippen LogP contribution is -1.92. The Morgan fingerprint density at radius 2 is 1.50 bits per heavy atom. The van der Waals surface area contributed by atoms with E-state index in [1.165, 1.54) is 0 Å². The lowest BCUT2D eigenvalue weighted by molar-refractivity contribution is -0.105. The van der Waals surface area contributed by atoms with E-state index < -0.39 is 0 Å². The molecule has 2 aromatic rings. The Balaban J connectivity index is 0.00000128. The van der Waals surface area contributed by atoms with E-state index in [9.17, 15) is 4.79 Å². The molecular formula is C12H11ClN2O. The average molecular weight is 235 g/mol. The van der Waals surface area contributed by atoms with Gasteiger partial charge in [-0.05, 0) is 35.4 Å². The SMILES string of the molecule is Cl.O=CNc1ccc(-c2ccncc2)cc1. The lowest BCUT2D eigenvalue weighted by Gasteiger charge is -2.02. The quantitative estimate of drug-likeness (QED) is 0.830. The van der Waals surface area contributed by atoms with E-state index in [-0.39, 0.29) is 12.4 Å². The summed E-state index contributed by atoms with van der Waals surface area (Å²) in [6, 6.07) is 11.5. The molecule has 0 unspecified atom stereocenters. The number of carbonyl (C=O) groups excluding carboxylic acids is 1. The standard InChI is InChI=1S/C12H10N2O.ClH/c15-9-14-12-3-1-10(2-4-12)11-5-7-13-8-6-11;/h1-9H,(H,14,15);1H. The molecule has 82 valence electrons. The van der Waals surface area contributed by atoms with E-state index in [0.29, 0.717) is 6.41 Å². The summed E-state index contributed by atoms with van der Waals surface area (Å²) in [5, 5.41) is 2.59. The van der Waals surface area contributed by atoms with E-state index in [1.54, 1.807) is 12.4 Å².